The molecule has 1 N–H and O–H groups in total. The van der Waals surface area contributed by atoms with Gasteiger partial charge in [-0.25, -0.2) is 4.79 Å². The first-order valence-electron chi connectivity index (χ1n) is 4.79. The Morgan fingerprint density at radius 2 is 2.31 bits per heavy atom. The molecule has 4 nitrogen and oxygen atoms in total. The Bertz CT molecular complexity index is 437. The third kappa shape index (κ3) is 2.65. The number of nitrogens with zero attached hydrogens (tertiary/aromatic N) is 1. The van der Waals surface area contributed by atoms with E-state index in [4.69, 9.17) is 10.00 Å². The van der Waals surface area contributed by atoms with Crippen LogP contribution in [0.4, 0.5) is 5.00 Å². The molecule has 0 aliphatic rings. The van der Waals surface area contributed by atoms with Crippen molar-refractivity contribution >= 4 is 44.9 Å². The van der Waals surface area contributed by atoms with Crippen LogP contribution in [0, 0.1) is 14.9 Å². The Kier molecular flexibility index (Phi) is 5.02. The zero-order valence-electron chi connectivity index (χ0n) is 8.96. The predicted octanol–water partition coefficient (Wildman–Crippen LogP) is 2.83. The molecule has 0 unspecified atom stereocenters. The third-order valence-corrected chi connectivity index (χ3v) is 4.33. The van der Waals surface area contributed by atoms with E-state index in [2.05, 4.69) is 11.4 Å². The number of hydrogen-bond acceptors (Lipinski definition) is 5. The highest BCUT2D eigenvalue weighted by Gasteiger charge is 2.21. The standard InChI is InChI=1S/C10H11IN2O2S/c1-3-13-9-6(5-12)7(11)8(16-9)10(14)15-4-2/h13H,3-4H2,1-2H3. The highest BCUT2D eigenvalue weighted by molar-refractivity contribution is 14.1. The molecule has 0 aromatic carbocycles. The summed E-state index contributed by atoms with van der Waals surface area (Å²) in [5, 5.41) is 12.8. The monoisotopic (exact) mass is 350 g/mol. The summed E-state index contributed by atoms with van der Waals surface area (Å²) in [6.45, 7) is 4.76. The number of thiophene rings is 1. The summed E-state index contributed by atoms with van der Waals surface area (Å²) in [6.07, 6.45) is 0. The summed E-state index contributed by atoms with van der Waals surface area (Å²) < 4.78 is 5.60. The molecular weight excluding hydrogens is 339 g/mol. The molecule has 1 heterocycles. The number of halogens is 1. The van der Waals surface area contributed by atoms with Crippen molar-refractivity contribution in [1.82, 2.24) is 0 Å². The van der Waals surface area contributed by atoms with E-state index in [9.17, 15) is 4.79 Å². The summed E-state index contributed by atoms with van der Waals surface area (Å²) in [6, 6.07) is 2.10. The molecule has 0 fully saturated rings. The Morgan fingerprint density at radius 1 is 1.62 bits per heavy atom. The molecule has 0 spiro atoms. The summed E-state index contributed by atoms with van der Waals surface area (Å²) in [5.74, 6) is -0.363. The molecule has 86 valence electrons. The third-order valence-electron chi connectivity index (χ3n) is 1.76. The normalized spacial score (nSPS) is 9.62. The molecule has 16 heavy (non-hydrogen) atoms. The van der Waals surface area contributed by atoms with Crippen molar-refractivity contribution in [1.29, 1.82) is 5.26 Å². The number of carbonyl (C=O) groups excluding carboxylic acids is 1. The predicted molar refractivity (Wildman–Crippen MR) is 71.9 cm³/mol. The minimum Gasteiger partial charge on any atom is -0.462 e. The maximum Gasteiger partial charge on any atom is 0.349 e. The van der Waals surface area contributed by atoms with Gasteiger partial charge in [0.1, 0.15) is 21.5 Å². The molecule has 0 bridgehead atoms. The Hall–Kier alpha value is -0.810. The van der Waals surface area contributed by atoms with E-state index < -0.39 is 0 Å². The van der Waals surface area contributed by atoms with Gasteiger partial charge in [-0.2, -0.15) is 5.26 Å². The summed E-state index contributed by atoms with van der Waals surface area (Å²) in [4.78, 5) is 12.1. The van der Waals surface area contributed by atoms with E-state index >= 15 is 0 Å². The Balaban J connectivity index is 3.13. The molecule has 0 saturated heterocycles. The zero-order valence-corrected chi connectivity index (χ0v) is 11.9. The fourth-order valence-electron chi connectivity index (χ4n) is 1.12. The van der Waals surface area contributed by atoms with Crippen molar-refractivity contribution in [2.45, 2.75) is 13.8 Å². The fourth-order valence-corrected chi connectivity index (χ4v) is 3.25. The maximum atomic E-state index is 11.6. The Morgan fingerprint density at radius 3 is 2.81 bits per heavy atom. The van der Waals surface area contributed by atoms with Crippen LogP contribution in [0.2, 0.25) is 0 Å². The number of rotatable bonds is 4. The lowest BCUT2D eigenvalue weighted by Gasteiger charge is -1.98. The highest BCUT2D eigenvalue weighted by Crippen LogP contribution is 2.34. The van der Waals surface area contributed by atoms with E-state index in [-0.39, 0.29) is 5.97 Å². The molecule has 1 aromatic heterocycles. The molecular formula is C10H11IN2O2S. The van der Waals surface area contributed by atoms with Gasteiger partial charge in [0.25, 0.3) is 0 Å². The number of carbonyl (C=O) groups is 1. The van der Waals surface area contributed by atoms with Gasteiger partial charge < -0.3 is 10.1 Å². The lowest BCUT2D eigenvalue weighted by Crippen LogP contribution is -2.03. The molecule has 0 atom stereocenters. The van der Waals surface area contributed by atoms with Crippen LogP contribution in [0.5, 0.6) is 0 Å². The van der Waals surface area contributed by atoms with Crippen LogP contribution < -0.4 is 5.32 Å². The van der Waals surface area contributed by atoms with Crippen LogP contribution in [0.1, 0.15) is 29.1 Å². The van der Waals surface area contributed by atoms with Crippen LogP contribution in [0.25, 0.3) is 0 Å². The molecule has 6 heteroatoms. The number of nitriles is 1. The smallest absolute Gasteiger partial charge is 0.349 e. The van der Waals surface area contributed by atoms with Crippen molar-refractivity contribution in [3.63, 3.8) is 0 Å². The number of ether oxygens (including phenoxy) is 1. The number of hydrogen-bond donors (Lipinski definition) is 1. The molecule has 0 radical (unpaired) electrons. The highest BCUT2D eigenvalue weighted by atomic mass is 127. The van der Waals surface area contributed by atoms with Crippen LogP contribution in [0.3, 0.4) is 0 Å². The topological polar surface area (TPSA) is 62.1 Å². The van der Waals surface area contributed by atoms with E-state index in [1.807, 2.05) is 29.5 Å². The SMILES string of the molecule is CCNc1sc(C(=O)OCC)c(I)c1C#N. The molecule has 0 aliphatic carbocycles. The quantitative estimate of drug-likeness (QED) is 0.670. The van der Waals surface area contributed by atoms with Gasteiger partial charge >= 0.3 is 5.97 Å². The van der Waals surface area contributed by atoms with Crippen molar-refractivity contribution in [3.8, 4) is 6.07 Å². The van der Waals surface area contributed by atoms with Crippen LogP contribution in [-0.4, -0.2) is 19.1 Å². The maximum absolute atomic E-state index is 11.6. The van der Waals surface area contributed by atoms with Crippen molar-refractivity contribution in [3.05, 3.63) is 14.0 Å². The van der Waals surface area contributed by atoms with Crippen LogP contribution in [-0.2, 0) is 4.74 Å². The van der Waals surface area contributed by atoms with Gasteiger partial charge in [0.2, 0.25) is 0 Å². The van der Waals surface area contributed by atoms with E-state index in [0.717, 1.165) is 5.00 Å². The summed E-state index contributed by atoms with van der Waals surface area (Å²) in [5.41, 5.74) is 0.524. The van der Waals surface area contributed by atoms with Gasteiger partial charge in [0.05, 0.1) is 10.2 Å². The first-order chi connectivity index (χ1) is 7.65. The van der Waals surface area contributed by atoms with Gasteiger partial charge in [0.15, 0.2) is 0 Å². The van der Waals surface area contributed by atoms with E-state index in [0.29, 0.717) is 27.2 Å². The lowest BCUT2D eigenvalue weighted by molar-refractivity contribution is 0.0531. The minimum atomic E-state index is -0.363. The molecule has 0 aliphatic heterocycles. The average molecular weight is 350 g/mol. The fraction of sp³-hybridized carbons (Fsp3) is 0.400. The number of anilines is 1. The average Bonchev–Trinajstić information content (AvgIpc) is 2.56. The first kappa shape index (κ1) is 13.3. The van der Waals surface area contributed by atoms with E-state index in [1.54, 1.807) is 6.92 Å². The molecule has 1 rings (SSSR count). The minimum absolute atomic E-state index is 0.339. The van der Waals surface area contributed by atoms with Crippen LogP contribution in [0.15, 0.2) is 0 Å². The van der Waals surface area contributed by atoms with E-state index in [1.165, 1.54) is 11.3 Å². The summed E-state index contributed by atoms with van der Waals surface area (Å²) >= 11 is 3.27. The van der Waals surface area contributed by atoms with Gasteiger partial charge in [-0.1, -0.05) is 0 Å². The number of esters is 1. The Labute approximate surface area is 112 Å². The van der Waals surface area contributed by atoms with Gasteiger partial charge in [-0.05, 0) is 36.4 Å². The zero-order chi connectivity index (χ0) is 12.1. The summed E-state index contributed by atoms with van der Waals surface area (Å²) in [7, 11) is 0. The van der Waals surface area contributed by atoms with Crippen molar-refractivity contribution in [2.24, 2.45) is 0 Å². The lowest BCUT2D eigenvalue weighted by atomic mass is 10.3. The second-order valence-corrected chi connectivity index (χ2v) is 4.91. The second-order valence-electron chi connectivity index (χ2n) is 2.81. The van der Waals surface area contributed by atoms with Gasteiger partial charge in [-0.15, -0.1) is 11.3 Å². The van der Waals surface area contributed by atoms with Crippen LogP contribution >= 0.6 is 33.9 Å². The molecule has 0 amide bonds. The van der Waals surface area contributed by atoms with Crippen molar-refractivity contribution < 1.29 is 9.53 Å². The molecule has 1 aromatic rings. The van der Waals surface area contributed by atoms with Gasteiger partial charge in [-0.3, -0.25) is 0 Å². The molecule has 0 saturated carbocycles. The second kappa shape index (κ2) is 6.06. The first-order valence-corrected chi connectivity index (χ1v) is 6.68. The van der Waals surface area contributed by atoms with Crippen molar-refractivity contribution in [2.75, 3.05) is 18.5 Å². The van der Waals surface area contributed by atoms with Gasteiger partial charge in [0, 0.05) is 6.54 Å². The number of nitrogens with one attached hydrogen (secondary N) is 1. The largest absolute Gasteiger partial charge is 0.462 e.